The van der Waals surface area contributed by atoms with Gasteiger partial charge in [-0.2, -0.15) is 0 Å². The van der Waals surface area contributed by atoms with Gasteiger partial charge in [-0.05, 0) is 56.9 Å². The summed E-state index contributed by atoms with van der Waals surface area (Å²) in [5.41, 5.74) is 3.47. The lowest BCUT2D eigenvalue weighted by atomic mass is 10.0. The molecule has 0 atom stereocenters. The highest BCUT2D eigenvalue weighted by Crippen LogP contribution is 2.31. The highest BCUT2D eigenvalue weighted by molar-refractivity contribution is 5.88. The summed E-state index contributed by atoms with van der Waals surface area (Å²) in [6.45, 7) is 6.70. The third-order valence-electron chi connectivity index (χ3n) is 4.94. The van der Waals surface area contributed by atoms with E-state index in [2.05, 4.69) is 16.0 Å². The number of hydrogen-bond acceptors (Lipinski definition) is 5. The van der Waals surface area contributed by atoms with Crippen molar-refractivity contribution in [2.24, 2.45) is 0 Å². The third-order valence-corrected chi connectivity index (χ3v) is 4.94. The van der Waals surface area contributed by atoms with Crippen LogP contribution >= 0.6 is 0 Å². The van der Waals surface area contributed by atoms with Crippen LogP contribution in [0.15, 0.2) is 61.1 Å². The van der Waals surface area contributed by atoms with Gasteiger partial charge in [-0.15, -0.1) is 0 Å². The molecule has 0 bridgehead atoms. The van der Waals surface area contributed by atoms with E-state index in [1.165, 1.54) is 0 Å². The maximum atomic E-state index is 12.6. The van der Waals surface area contributed by atoms with Crippen molar-refractivity contribution < 1.29 is 14.3 Å². The highest BCUT2D eigenvalue weighted by atomic mass is 16.6. The van der Waals surface area contributed by atoms with Crippen molar-refractivity contribution >= 4 is 11.9 Å². The molecular formula is C25H27N3O3. The Hall–Kier alpha value is -3.41. The molecule has 0 aliphatic carbocycles. The lowest BCUT2D eigenvalue weighted by Crippen LogP contribution is -2.40. The molecule has 0 fully saturated rings. The minimum Gasteiger partial charge on any atom is -0.487 e. The predicted molar refractivity (Wildman–Crippen MR) is 120 cm³/mol. The zero-order valence-electron chi connectivity index (χ0n) is 18.2. The van der Waals surface area contributed by atoms with Crippen LogP contribution in [0.1, 0.15) is 38.3 Å². The maximum absolute atomic E-state index is 12.6. The van der Waals surface area contributed by atoms with Crippen LogP contribution in [-0.4, -0.2) is 28.2 Å². The van der Waals surface area contributed by atoms with Crippen LogP contribution in [-0.2, 0) is 17.8 Å². The molecule has 2 aromatic heterocycles. The van der Waals surface area contributed by atoms with Gasteiger partial charge >= 0.3 is 6.09 Å². The van der Waals surface area contributed by atoms with Gasteiger partial charge in [-0.25, -0.2) is 9.78 Å². The van der Waals surface area contributed by atoms with Crippen molar-refractivity contribution in [3.63, 3.8) is 0 Å². The fraction of sp³-hybridized carbons (Fsp3) is 0.320. The topological polar surface area (TPSA) is 64.5 Å². The van der Waals surface area contributed by atoms with E-state index in [9.17, 15) is 4.79 Å². The second-order valence-electron chi connectivity index (χ2n) is 8.63. The number of anilines is 1. The molecule has 0 saturated carbocycles. The number of hydrogen-bond donors (Lipinski definition) is 0. The molecule has 31 heavy (non-hydrogen) atoms. The second-order valence-corrected chi connectivity index (χ2v) is 8.63. The van der Waals surface area contributed by atoms with E-state index in [-0.39, 0.29) is 6.09 Å². The van der Waals surface area contributed by atoms with Gasteiger partial charge in [-0.1, -0.05) is 30.3 Å². The Morgan fingerprint density at radius 1 is 1.06 bits per heavy atom. The number of carbonyl (C=O) groups excluding carboxylic acids is 1. The summed E-state index contributed by atoms with van der Waals surface area (Å²) in [6, 6.07) is 14.1. The van der Waals surface area contributed by atoms with Crippen LogP contribution in [0.2, 0.25) is 0 Å². The van der Waals surface area contributed by atoms with Crippen LogP contribution in [0.25, 0.3) is 11.1 Å². The summed E-state index contributed by atoms with van der Waals surface area (Å²) < 4.78 is 11.5. The minimum atomic E-state index is -0.541. The SMILES string of the molecule is CC(C)(C)OC(=O)N1CCCc2cc(-c3cncc(OCc4ccccc4)c3)cnc21. The highest BCUT2D eigenvalue weighted by Gasteiger charge is 2.28. The number of amides is 1. The van der Waals surface area contributed by atoms with Crippen LogP contribution in [0.3, 0.4) is 0 Å². The largest absolute Gasteiger partial charge is 0.487 e. The van der Waals surface area contributed by atoms with Crippen LogP contribution in [0.4, 0.5) is 10.6 Å². The lowest BCUT2D eigenvalue weighted by Gasteiger charge is -2.30. The average Bonchev–Trinajstić information content (AvgIpc) is 2.76. The molecule has 1 aliphatic rings. The maximum Gasteiger partial charge on any atom is 0.416 e. The van der Waals surface area contributed by atoms with E-state index in [1.54, 1.807) is 23.5 Å². The minimum absolute atomic E-state index is 0.355. The molecule has 1 aliphatic heterocycles. The van der Waals surface area contributed by atoms with Crippen molar-refractivity contribution in [3.8, 4) is 16.9 Å². The zero-order valence-corrected chi connectivity index (χ0v) is 18.2. The number of pyridine rings is 2. The molecule has 1 aromatic carbocycles. The van der Waals surface area contributed by atoms with Gasteiger partial charge in [0.1, 0.15) is 23.8 Å². The second kappa shape index (κ2) is 8.76. The first-order valence-electron chi connectivity index (χ1n) is 10.5. The summed E-state index contributed by atoms with van der Waals surface area (Å²) in [6.07, 6.45) is 6.67. The van der Waals surface area contributed by atoms with E-state index >= 15 is 0 Å². The fourth-order valence-corrected chi connectivity index (χ4v) is 3.51. The van der Waals surface area contributed by atoms with Gasteiger partial charge in [0.25, 0.3) is 0 Å². The molecule has 0 spiro atoms. The molecule has 0 unspecified atom stereocenters. The van der Waals surface area contributed by atoms with Crippen molar-refractivity contribution in [2.45, 2.75) is 45.8 Å². The van der Waals surface area contributed by atoms with Gasteiger partial charge < -0.3 is 9.47 Å². The first-order valence-corrected chi connectivity index (χ1v) is 10.5. The molecule has 0 radical (unpaired) electrons. The standard InChI is InChI=1S/C25H27N3O3/c1-25(2,3)31-24(29)28-11-7-10-19-12-20(15-27-23(19)28)21-13-22(16-26-14-21)30-17-18-8-5-4-6-9-18/h4-6,8-9,12-16H,7,10-11,17H2,1-3H3. The van der Waals surface area contributed by atoms with Gasteiger partial charge in [0.2, 0.25) is 0 Å². The van der Waals surface area contributed by atoms with Crippen molar-refractivity contribution in [1.82, 2.24) is 9.97 Å². The number of rotatable bonds is 4. The first-order chi connectivity index (χ1) is 14.9. The molecule has 1 amide bonds. The monoisotopic (exact) mass is 417 g/mol. The van der Waals surface area contributed by atoms with Gasteiger partial charge in [0.15, 0.2) is 0 Å². The quantitative estimate of drug-likeness (QED) is 0.568. The van der Waals surface area contributed by atoms with Crippen molar-refractivity contribution in [3.05, 3.63) is 72.2 Å². The molecule has 6 heteroatoms. The average molecular weight is 418 g/mol. The molecule has 0 saturated heterocycles. The van der Waals surface area contributed by atoms with E-state index < -0.39 is 5.60 Å². The summed E-state index contributed by atoms with van der Waals surface area (Å²) in [4.78, 5) is 23.2. The van der Waals surface area contributed by atoms with Crippen LogP contribution in [0, 0.1) is 0 Å². The Morgan fingerprint density at radius 2 is 1.84 bits per heavy atom. The molecule has 0 N–H and O–H groups in total. The predicted octanol–water partition coefficient (Wildman–Crippen LogP) is 5.41. The van der Waals surface area contributed by atoms with E-state index in [1.807, 2.05) is 57.2 Å². The number of carbonyl (C=O) groups is 1. The summed E-state index contributed by atoms with van der Waals surface area (Å²) >= 11 is 0. The Bertz CT molecular complexity index is 1060. The van der Waals surface area contributed by atoms with Crippen LogP contribution in [0.5, 0.6) is 5.75 Å². The molecule has 160 valence electrons. The van der Waals surface area contributed by atoms with Crippen LogP contribution < -0.4 is 9.64 Å². The molecule has 3 aromatic rings. The van der Waals surface area contributed by atoms with E-state index in [0.29, 0.717) is 24.7 Å². The molecular weight excluding hydrogens is 390 g/mol. The molecule has 3 heterocycles. The lowest BCUT2D eigenvalue weighted by molar-refractivity contribution is 0.0576. The zero-order chi connectivity index (χ0) is 21.8. The van der Waals surface area contributed by atoms with E-state index in [0.717, 1.165) is 35.1 Å². The number of aryl methyl sites for hydroxylation is 1. The van der Waals surface area contributed by atoms with Gasteiger partial charge in [0, 0.05) is 30.1 Å². The van der Waals surface area contributed by atoms with Gasteiger partial charge in [-0.3, -0.25) is 9.88 Å². The van der Waals surface area contributed by atoms with Crippen molar-refractivity contribution in [1.29, 1.82) is 0 Å². The number of benzene rings is 1. The van der Waals surface area contributed by atoms with E-state index in [4.69, 9.17) is 9.47 Å². The first kappa shape index (κ1) is 20.8. The number of ether oxygens (including phenoxy) is 2. The summed E-state index contributed by atoms with van der Waals surface area (Å²) in [5, 5.41) is 0. The summed E-state index contributed by atoms with van der Waals surface area (Å²) in [7, 11) is 0. The van der Waals surface area contributed by atoms with Gasteiger partial charge in [0.05, 0.1) is 6.20 Å². The Kier molecular flexibility index (Phi) is 5.89. The normalized spacial score (nSPS) is 13.5. The Morgan fingerprint density at radius 3 is 2.61 bits per heavy atom. The number of fused-ring (bicyclic) bond motifs is 1. The molecule has 6 nitrogen and oxygen atoms in total. The summed E-state index contributed by atoms with van der Waals surface area (Å²) in [5.74, 6) is 1.38. The van der Waals surface area contributed by atoms with Crippen molar-refractivity contribution in [2.75, 3.05) is 11.4 Å². The fourth-order valence-electron chi connectivity index (χ4n) is 3.51. The Balaban J connectivity index is 1.53. The smallest absolute Gasteiger partial charge is 0.416 e. The molecule has 4 rings (SSSR count). The number of aromatic nitrogens is 2. The third kappa shape index (κ3) is 5.20. The number of nitrogens with zero attached hydrogens (tertiary/aromatic N) is 3. The Labute approximate surface area is 182 Å².